The van der Waals surface area contributed by atoms with Gasteiger partial charge in [-0.1, -0.05) is 24.3 Å². The largest absolute Gasteiger partial charge is 0.433 e. The SMILES string of the molecule is C[N+](C)(C)CCCN1C=CC(=C/C=C/C2[NH2+]c3ccccc3O2)C=C1. The van der Waals surface area contributed by atoms with E-state index in [9.17, 15) is 0 Å². The number of ether oxygens (including phenoxy) is 1. The molecule has 4 nitrogen and oxygen atoms in total. The van der Waals surface area contributed by atoms with E-state index in [1.807, 2.05) is 18.2 Å². The molecule has 0 fully saturated rings. The van der Waals surface area contributed by atoms with Crippen molar-refractivity contribution in [1.29, 1.82) is 0 Å². The van der Waals surface area contributed by atoms with E-state index in [0.717, 1.165) is 16.8 Å². The van der Waals surface area contributed by atoms with Gasteiger partial charge in [0.05, 0.1) is 27.7 Å². The van der Waals surface area contributed by atoms with Crippen LogP contribution in [0.2, 0.25) is 0 Å². The maximum Gasteiger partial charge on any atom is 0.255 e. The smallest absolute Gasteiger partial charge is 0.255 e. The van der Waals surface area contributed by atoms with Crippen molar-refractivity contribution in [3.8, 4) is 5.75 Å². The van der Waals surface area contributed by atoms with Crippen molar-refractivity contribution in [2.45, 2.75) is 12.6 Å². The highest BCUT2D eigenvalue weighted by Crippen LogP contribution is 2.24. The van der Waals surface area contributed by atoms with Gasteiger partial charge in [0, 0.05) is 37.5 Å². The van der Waals surface area contributed by atoms with Gasteiger partial charge in [-0.2, -0.15) is 0 Å². The summed E-state index contributed by atoms with van der Waals surface area (Å²) in [6, 6.07) is 8.14. The Morgan fingerprint density at radius 1 is 1.16 bits per heavy atom. The predicted molar refractivity (Wildman–Crippen MR) is 102 cm³/mol. The van der Waals surface area contributed by atoms with E-state index in [4.69, 9.17) is 4.74 Å². The summed E-state index contributed by atoms with van der Waals surface area (Å²) >= 11 is 0. The van der Waals surface area contributed by atoms with E-state index in [1.165, 1.54) is 24.2 Å². The monoisotopic (exact) mass is 339 g/mol. The van der Waals surface area contributed by atoms with Crippen molar-refractivity contribution in [3.05, 3.63) is 72.6 Å². The Morgan fingerprint density at radius 2 is 1.92 bits per heavy atom. The molecule has 4 heteroatoms. The third-order valence-electron chi connectivity index (χ3n) is 4.28. The van der Waals surface area contributed by atoms with Gasteiger partial charge >= 0.3 is 0 Å². The van der Waals surface area contributed by atoms with Crippen LogP contribution >= 0.6 is 0 Å². The summed E-state index contributed by atoms with van der Waals surface area (Å²) in [4.78, 5) is 2.25. The van der Waals surface area contributed by atoms with E-state index in [-0.39, 0.29) is 6.23 Å². The van der Waals surface area contributed by atoms with Crippen LogP contribution in [0, 0.1) is 0 Å². The first-order valence-corrected chi connectivity index (χ1v) is 8.91. The van der Waals surface area contributed by atoms with Crippen LogP contribution in [0.4, 0.5) is 5.69 Å². The summed E-state index contributed by atoms with van der Waals surface area (Å²) < 4.78 is 6.88. The molecule has 3 rings (SSSR count). The van der Waals surface area contributed by atoms with Gasteiger partial charge < -0.3 is 14.1 Å². The van der Waals surface area contributed by atoms with Gasteiger partial charge in [-0.15, -0.1) is 0 Å². The van der Waals surface area contributed by atoms with Crippen molar-refractivity contribution in [3.63, 3.8) is 0 Å². The number of benzene rings is 1. The lowest BCUT2D eigenvalue weighted by Crippen LogP contribution is -2.82. The van der Waals surface area contributed by atoms with Crippen LogP contribution < -0.4 is 10.1 Å². The lowest BCUT2D eigenvalue weighted by molar-refractivity contribution is -0.870. The fourth-order valence-electron chi connectivity index (χ4n) is 2.91. The third-order valence-corrected chi connectivity index (χ3v) is 4.28. The number of nitrogens with zero attached hydrogens (tertiary/aromatic N) is 2. The molecule has 2 N–H and O–H groups in total. The molecule has 132 valence electrons. The maximum absolute atomic E-state index is 5.87. The topological polar surface area (TPSA) is 29.1 Å². The van der Waals surface area contributed by atoms with Crippen LogP contribution in [0.3, 0.4) is 0 Å². The molecule has 0 saturated heterocycles. The third kappa shape index (κ3) is 5.34. The molecule has 1 aromatic rings. The second-order valence-electron chi connectivity index (χ2n) is 7.58. The van der Waals surface area contributed by atoms with Gasteiger partial charge in [-0.05, 0) is 23.8 Å². The fraction of sp³-hybridized carbons (Fsp3) is 0.333. The first-order chi connectivity index (χ1) is 12.0. The summed E-state index contributed by atoms with van der Waals surface area (Å²) in [5, 5.41) is 2.15. The van der Waals surface area contributed by atoms with Crippen molar-refractivity contribution in [2.24, 2.45) is 0 Å². The Hall–Kier alpha value is -2.30. The van der Waals surface area contributed by atoms with Crippen molar-refractivity contribution < 1.29 is 14.5 Å². The summed E-state index contributed by atoms with van der Waals surface area (Å²) in [6.45, 7) is 2.25. The minimum Gasteiger partial charge on any atom is -0.433 e. The number of fused-ring (bicyclic) bond motifs is 1. The molecular weight excluding hydrogens is 310 g/mol. The standard InChI is InChI=1S/C21H28N3O/c1-24(2,3)17-7-14-23-15-12-18(13-16-23)8-6-11-21-22-19-9-4-5-10-20(19)25-21/h4-6,8-13,15-16,21-22H,7,14,17H2,1-3H3/q+1/p+1/b11-6+. The van der Waals surface area contributed by atoms with Crippen LogP contribution in [0.5, 0.6) is 5.75 Å². The van der Waals surface area contributed by atoms with Gasteiger partial charge in [0.2, 0.25) is 0 Å². The molecule has 0 bridgehead atoms. The molecule has 0 aliphatic carbocycles. The quantitative estimate of drug-likeness (QED) is 0.637. The van der Waals surface area contributed by atoms with E-state index in [2.05, 4.69) is 80.2 Å². The van der Waals surface area contributed by atoms with E-state index in [0.29, 0.717) is 0 Å². The normalized spacial score (nSPS) is 19.4. The van der Waals surface area contributed by atoms with Gasteiger partial charge in [-0.25, -0.2) is 0 Å². The van der Waals surface area contributed by atoms with Crippen molar-refractivity contribution >= 4 is 5.69 Å². The number of para-hydroxylation sites is 2. The van der Waals surface area contributed by atoms with Crippen LogP contribution in [-0.4, -0.2) is 49.8 Å². The second kappa shape index (κ2) is 7.72. The number of quaternary nitrogens is 2. The van der Waals surface area contributed by atoms with E-state index < -0.39 is 0 Å². The molecular formula is C21H29N3O+2. The highest BCUT2D eigenvalue weighted by molar-refractivity contribution is 5.47. The lowest BCUT2D eigenvalue weighted by Gasteiger charge is -2.25. The highest BCUT2D eigenvalue weighted by Gasteiger charge is 2.23. The molecule has 2 aliphatic heterocycles. The minimum atomic E-state index is 0.0258. The molecule has 2 aliphatic rings. The number of hydrogen-bond donors (Lipinski definition) is 1. The fourth-order valence-corrected chi connectivity index (χ4v) is 2.91. The zero-order chi connectivity index (χ0) is 17.7. The maximum atomic E-state index is 5.87. The zero-order valence-electron chi connectivity index (χ0n) is 15.4. The Labute approximate surface area is 151 Å². The van der Waals surface area contributed by atoms with Crippen molar-refractivity contribution in [1.82, 2.24) is 4.90 Å². The Balaban J connectivity index is 1.45. The van der Waals surface area contributed by atoms with Gasteiger partial charge in [0.15, 0.2) is 11.4 Å². The van der Waals surface area contributed by atoms with Crippen LogP contribution in [0.25, 0.3) is 0 Å². The first-order valence-electron chi connectivity index (χ1n) is 8.91. The van der Waals surface area contributed by atoms with Gasteiger partial charge in [0.25, 0.3) is 6.23 Å². The van der Waals surface area contributed by atoms with Crippen molar-refractivity contribution in [2.75, 3.05) is 34.2 Å². The van der Waals surface area contributed by atoms with Crippen LogP contribution in [0.1, 0.15) is 6.42 Å². The van der Waals surface area contributed by atoms with E-state index in [1.54, 1.807) is 0 Å². The molecule has 25 heavy (non-hydrogen) atoms. The predicted octanol–water partition coefficient (Wildman–Crippen LogP) is 2.52. The lowest BCUT2D eigenvalue weighted by atomic mass is 10.2. The Bertz CT molecular complexity index is 669. The van der Waals surface area contributed by atoms with Gasteiger partial charge in [0.1, 0.15) is 0 Å². The molecule has 0 radical (unpaired) electrons. The Kier molecular flexibility index (Phi) is 5.41. The van der Waals surface area contributed by atoms with Crippen LogP contribution in [0.15, 0.2) is 72.6 Å². The average molecular weight is 339 g/mol. The second-order valence-corrected chi connectivity index (χ2v) is 7.58. The molecule has 2 heterocycles. The van der Waals surface area contributed by atoms with Gasteiger partial charge in [-0.3, -0.25) is 5.32 Å². The Morgan fingerprint density at radius 3 is 2.64 bits per heavy atom. The molecule has 1 unspecified atom stereocenters. The average Bonchev–Trinajstić information content (AvgIpc) is 2.98. The minimum absolute atomic E-state index is 0.0258. The molecule has 0 saturated carbocycles. The highest BCUT2D eigenvalue weighted by atomic mass is 16.5. The zero-order valence-corrected chi connectivity index (χ0v) is 15.4. The summed E-state index contributed by atoms with van der Waals surface area (Å²) in [5.74, 6) is 0.965. The summed E-state index contributed by atoms with van der Waals surface area (Å²) in [7, 11) is 6.71. The summed E-state index contributed by atoms with van der Waals surface area (Å²) in [6.07, 6.45) is 16.1. The molecule has 0 aromatic heterocycles. The summed E-state index contributed by atoms with van der Waals surface area (Å²) in [5.41, 5.74) is 2.38. The van der Waals surface area contributed by atoms with Crippen LogP contribution in [-0.2, 0) is 0 Å². The number of hydrogen-bond acceptors (Lipinski definition) is 2. The molecule has 0 spiro atoms. The number of nitrogens with two attached hydrogens (primary N) is 1. The molecule has 1 atom stereocenters. The molecule has 1 aromatic carbocycles. The van der Waals surface area contributed by atoms with E-state index >= 15 is 0 Å². The molecule has 0 amide bonds. The number of allylic oxidation sites excluding steroid dienone is 5. The first kappa shape index (κ1) is 17.5. The number of rotatable bonds is 6.